The predicted octanol–water partition coefficient (Wildman–Crippen LogP) is 0.316. The Kier molecular flexibility index (Phi) is 7.91. The van der Waals surface area contributed by atoms with E-state index in [1.807, 2.05) is 20.8 Å². The molecule has 0 saturated carbocycles. The monoisotopic (exact) mass is 252 g/mol. The van der Waals surface area contributed by atoms with Crippen LogP contribution in [0.3, 0.4) is 0 Å². The number of hydrogen-bond donors (Lipinski definition) is 2. The average molecular weight is 252 g/mol. The summed E-state index contributed by atoms with van der Waals surface area (Å²) in [7, 11) is -3.23. The first-order valence-electron chi connectivity index (χ1n) is 5.70. The largest absolute Gasteiger partial charge is 0.380 e. The maximum Gasteiger partial charge on any atom is 0.211 e. The molecule has 0 aliphatic heterocycles. The summed E-state index contributed by atoms with van der Waals surface area (Å²) >= 11 is 0. The molecule has 98 valence electrons. The molecular formula is C10H24N2O3S. The summed E-state index contributed by atoms with van der Waals surface area (Å²) < 4.78 is 31.2. The van der Waals surface area contributed by atoms with Crippen LogP contribution in [-0.4, -0.2) is 40.0 Å². The first-order chi connectivity index (χ1) is 7.43. The first-order valence-corrected chi connectivity index (χ1v) is 7.36. The highest BCUT2D eigenvalue weighted by atomic mass is 32.2. The topological polar surface area (TPSA) is 81.4 Å². The van der Waals surface area contributed by atoms with Gasteiger partial charge < -0.3 is 10.5 Å². The van der Waals surface area contributed by atoms with Gasteiger partial charge in [-0.15, -0.1) is 0 Å². The van der Waals surface area contributed by atoms with Crippen LogP contribution < -0.4 is 10.5 Å². The van der Waals surface area contributed by atoms with Crippen LogP contribution in [0.15, 0.2) is 0 Å². The standard InChI is InChI=1S/C10H24N2O3S/c1-4-15-8-10(9(2)3)12-16(13,14)7-5-6-11/h9-10,12H,4-8,11H2,1-3H3. The third-order valence-electron chi connectivity index (χ3n) is 2.25. The Hall–Kier alpha value is -0.170. The summed E-state index contributed by atoms with van der Waals surface area (Å²) in [5.41, 5.74) is 5.29. The van der Waals surface area contributed by atoms with Gasteiger partial charge in [-0.3, -0.25) is 0 Å². The lowest BCUT2D eigenvalue weighted by molar-refractivity contribution is 0.116. The smallest absolute Gasteiger partial charge is 0.211 e. The molecule has 0 saturated heterocycles. The molecule has 0 fully saturated rings. The molecule has 0 spiro atoms. The Bertz CT molecular complexity index is 265. The second kappa shape index (κ2) is 8.00. The molecule has 1 atom stereocenters. The molecule has 0 heterocycles. The van der Waals surface area contributed by atoms with Gasteiger partial charge in [0, 0.05) is 12.6 Å². The lowest BCUT2D eigenvalue weighted by Gasteiger charge is -2.21. The quantitative estimate of drug-likeness (QED) is 0.619. The van der Waals surface area contributed by atoms with Crippen LogP contribution in [0.5, 0.6) is 0 Å². The van der Waals surface area contributed by atoms with Crippen molar-refractivity contribution in [3.8, 4) is 0 Å². The van der Waals surface area contributed by atoms with Gasteiger partial charge in [0.1, 0.15) is 0 Å². The van der Waals surface area contributed by atoms with Crippen molar-refractivity contribution in [2.45, 2.75) is 33.2 Å². The lowest BCUT2D eigenvalue weighted by atomic mass is 10.1. The molecule has 0 aliphatic carbocycles. The fourth-order valence-electron chi connectivity index (χ4n) is 1.17. The van der Waals surface area contributed by atoms with Crippen molar-refractivity contribution >= 4 is 10.0 Å². The van der Waals surface area contributed by atoms with Gasteiger partial charge in [0.25, 0.3) is 0 Å². The minimum atomic E-state index is -3.23. The van der Waals surface area contributed by atoms with E-state index >= 15 is 0 Å². The molecule has 0 rings (SSSR count). The van der Waals surface area contributed by atoms with E-state index in [2.05, 4.69) is 4.72 Å². The van der Waals surface area contributed by atoms with Gasteiger partial charge >= 0.3 is 0 Å². The number of hydrogen-bond acceptors (Lipinski definition) is 4. The predicted molar refractivity (Wildman–Crippen MR) is 65.7 cm³/mol. The van der Waals surface area contributed by atoms with Gasteiger partial charge in [0.15, 0.2) is 0 Å². The molecule has 0 aromatic rings. The lowest BCUT2D eigenvalue weighted by Crippen LogP contribution is -2.43. The van der Waals surface area contributed by atoms with E-state index in [1.165, 1.54) is 0 Å². The maximum absolute atomic E-state index is 11.6. The first kappa shape index (κ1) is 15.8. The van der Waals surface area contributed by atoms with E-state index in [0.29, 0.717) is 26.2 Å². The normalized spacial score (nSPS) is 14.3. The second-order valence-electron chi connectivity index (χ2n) is 4.09. The Morgan fingerprint density at radius 1 is 1.38 bits per heavy atom. The zero-order valence-corrected chi connectivity index (χ0v) is 11.2. The van der Waals surface area contributed by atoms with Gasteiger partial charge in [-0.2, -0.15) is 0 Å². The molecule has 5 nitrogen and oxygen atoms in total. The van der Waals surface area contributed by atoms with Crippen molar-refractivity contribution in [1.29, 1.82) is 0 Å². The van der Waals surface area contributed by atoms with E-state index in [9.17, 15) is 8.42 Å². The number of sulfonamides is 1. The Balaban J connectivity index is 4.26. The van der Waals surface area contributed by atoms with Crippen molar-refractivity contribution in [2.24, 2.45) is 11.7 Å². The number of rotatable bonds is 9. The van der Waals surface area contributed by atoms with Crippen molar-refractivity contribution < 1.29 is 13.2 Å². The number of nitrogens with one attached hydrogen (secondary N) is 1. The Morgan fingerprint density at radius 2 is 2.00 bits per heavy atom. The summed E-state index contributed by atoms with van der Waals surface area (Å²) in [5, 5.41) is 0. The highest BCUT2D eigenvalue weighted by Gasteiger charge is 2.20. The van der Waals surface area contributed by atoms with Crippen LogP contribution in [0.25, 0.3) is 0 Å². The Labute approximate surface area is 98.8 Å². The Morgan fingerprint density at radius 3 is 2.44 bits per heavy atom. The number of ether oxygens (including phenoxy) is 1. The average Bonchev–Trinajstić information content (AvgIpc) is 2.21. The summed E-state index contributed by atoms with van der Waals surface area (Å²) in [4.78, 5) is 0. The fraction of sp³-hybridized carbons (Fsp3) is 1.00. The molecule has 0 aromatic heterocycles. The minimum absolute atomic E-state index is 0.0822. The second-order valence-corrected chi connectivity index (χ2v) is 5.96. The molecule has 0 radical (unpaired) electrons. The van der Waals surface area contributed by atoms with Crippen LogP contribution in [0.2, 0.25) is 0 Å². The molecule has 6 heteroatoms. The molecule has 16 heavy (non-hydrogen) atoms. The van der Waals surface area contributed by atoms with Gasteiger partial charge in [-0.05, 0) is 25.8 Å². The summed E-state index contributed by atoms with van der Waals surface area (Å²) in [6.45, 7) is 7.22. The molecule has 0 bridgehead atoms. The SMILES string of the molecule is CCOCC(NS(=O)(=O)CCCN)C(C)C. The molecule has 0 aliphatic rings. The van der Waals surface area contributed by atoms with Gasteiger partial charge in [-0.1, -0.05) is 13.8 Å². The third-order valence-corrected chi connectivity index (χ3v) is 3.74. The molecular weight excluding hydrogens is 228 g/mol. The van der Waals surface area contributed by atoms with Crippen LogP contribution in [0, 0.1) is 5.92 Å². The zero-order valence-electron chi connectivity index (χ0n) is 10.4. The highest BCUT2D eigenvalue weighted by molar-refractivity contribution is 7.89. The summed E-state index contributed by atoms with van der Waals surface area (Å²) in [5.74, 6) is 0.290. The highest BCUT2D eigenvalue weighted by Crippen LogP contribution is 2.04. The third kappa shape index (κ3) is 7.16. The number of nitrogens with two attached hydrogens (primary N) is 1. The molecule has 0 amide bonds. The van der Waals surface area contributed by atoms with Crippen molar-refractivity contribution in [1.82, 2.24) is 4.72 Å². The molecule has 1 unspecified atom stereocenters. The van der Waals surface area contributed by atoms with Crippen molar-refractivity contribution in [3.05, 3.63) is 0 Å². The summed E-state index contributed by atoms with van der Waals surface area (Å²) in [6.07, 6.45) is 0.481. The fourth-order valence-corrected chi connectivity index (χ4v) is 2.64. The van der Waals surface area contributed by atoms with E-state index < -0.39 is 10.0 Å². The zero-order chi connectivity index (χ0) is 12.6. The summed E-state index contributed by atoms with van der Waals surface area (Å²) in [6, 6.07) is -0.164. The van der Waals surface area contributed by atoms with Crippen LogP contribution >= 0.6 is 0 Å². The van der Waals surface area contributed by atoms with Gasteiger partial charge in [0.05, 0.1) is 12.4 Å². The minimum Gasteiger partial charge on any atom is -0.380 e. The van der Waals surface area contributed by atoms with E-state index in [0.717, 1.165) is 0 Å². The molecule has 0 aromatic carbocycles. The van der Waals surface area contributed by atoms with Crippen molar-refractivity contribution in [3.63, 3.8) is 0 Å². The van der Waals surface area contributed by atoms with Gasteiger partial charge in [-0.25, -0.2) is 13.1 Å². The van der Waals surface area contributed by atoms with Crippen LogP contribution in [-0.2, 0) is 14.8 Å². The molecule has 3 N–H and O–H groups in total. The van der Waals surface area contributed by atoms with E-state index in [1.54, 1.807) is 0 Å². The van der Waals surface area contributed by atoms with Gasteiger partial charge in [0.2, 0.25) is 10.0 Å². The van der Waals surface area contributed by atoms with Crippen molar-refractivity contribution in [2.75, 3.05) is 25.5 Å². The maximum atomic E-state index is 11.6. The van der Waals surface area contributed by atoms with E-state index in [4.69, 9.17) is 10.5 Å². The van der Waals surface area contributed by atoms with Crippen LogP contribution in [0.1, 0.15) is 27.2 Å². The van der Waals surface area contributed by atoms with E-state index in [-0.39, 0.29) is 17.7 Å². The van der Waals surface area contributed by atoms with Crippen LogP contribution in [0.4, 0.5) is 0 Å².